The zero-order valence-corrected chi connectivity index (χ0v) is 14.4. The minimum Gasteiger partial charge on any atom is -0.304 e. The van der Waals surface area contributed by atoms with E-state index in [-0.39, 0.29) is 5.91 Å². The van der Waals surface area contributed by atoms with E-state index in [4.69, 9.17) is 0 Å². The van der Waals surface area contributed by atoms with Crippen LogP contribution in [-0.2, 0) is 6.54 Å². The number of fused-ring (bicyclic) bond motifs is 1. The van der Waals surface area contributed by atoms with Gasteiger partial charge in [-0.05, 0) is 45.3 Å². The lowest BCUT2D eigenvalue weighted by Crippen LogP contribution is -2.14. The Labute approximate surface area is 143 Å². The number of hydrogen-bond donors (Lipinski definition) is 1. The lowest BCUT2D eigenvalue weighted by molar-refractivity contribution is 0.102. The lowest BCUT2D eigenvalue weighted by atomic mass is 10.1. The number of nitrogens with one attached hydrogen (secondary N) is 1. The first-order valence-corrected chi connectivity index (χ1v) is 8.28. The van der Waals surface area contributed by atoms with Crippen molar-refractivity contribution in [2.24, 2.45) is 0 Å². The second-order valence-corrected chi connectivity index (χ2v) is 6.67. The molecule has 2 aromatic heterocycles. The molecule has 1 aromatic carbocycles. The van der Waals surface area contributed by atoms with E-state index >= 15 is 0 Å². The number of carbonyl (C=O) groups is 1. The van der Waals surface area contributed by atoms with Crippen LogP contribution < -0.4 is 5.32 Å². The summed E-state index contributed by atoms with van der Waals surface area (Å²) in [4.78, 5) is 23.4. The number of aromatic nitrogens is 2. The number of hydrogen-bond acceptors (Lipinski definition) is 5. The predicted octanol–water partition coefficient (Wildman–Crippen LogP) is 3.45. The zero-order valence-electron chi connectivity index (χ0n) is 13.6. The minimum absolute atomic E-state index is 0.318. The Hall–Kier alpha value is -2.38. The van der Waals surface area contributed by atoms with Crippen LogP contribution in [0.25, 0.3) is 10.9 Å². The molecule has 0 radical (unpaired) electrons. The average Bonchev–Trinajstić information content (AvgIpc) is 2.93. The smallest absolute Gasteiger partial charge is 0.258 e. The number of halogens is 1. The number of amides is 1. The molecule has 5 nitrogen and oxygen atoms in total. The summed E-state index contributed by atoms with van der Waals surface area (Å²) in [6.45, 7) is 2.51. The van der Waals surface area contributed by atoms with Crippen molar-refractivity contribution in [2.75, 3.05) is 19.4 Å². The van der Waals surface area contributed by atoms with Crippen molar-refractivity contribution in [3.8, 4) is 0 Å². The third kappa shape index (κ3) is 3.58. The van der Waals surface area contributed by atoms with E-state index in [1.165, 1.54) is 23.5 Å². The summed E-state index contributed by atoms with van der Waals surface area (Å²) in [5, 5.41) is 5.71. The van der Waals surface area contributed by atoms with Gasteiger partial charge in [0.15, 0.2) is 5.13 Å². The Kier molecular flexibility index (Phi) is 4.55. The van der Waals surface area contributed by atoms with E-state index < -0.39 is 5.82 Å². The summed E-state index contributed by atoms with van der Waals surface area (Å²) < 4.78 is 13.6. The first-order valence-electron chi connectivity index (χ1n) is 7.40. The molecule has 124 valence electrons. The minimum atomic E-state index is -0.398. The number of nitrogens with zero attached hydrogens (tertiary/aromatic N) is 3. The quantitative estimate of drug-likeness (QED) is 0.787. The van der Waals surface area contributed by atoms with E-state index in [1.54, 1.807) is 19.1 Å². The Morgan fingerprint density at radius 2 is 2.08 bits per heavy atom. The van der Waals surface area contributed by atoms with Crippen molar-refractivity contribution in [3.05, 3.63) is 52.4 Å². The van der Waals surface area contributed by atoms with Crippen LogP contribution in [0.4, 0.5) is 9.52 Å². The van der Waals surface area contributed by atoms with Gasteiger partial charge in [-0.25, -0.2) is 9.37 Å². The van der Waals surface area contributed by atoms with Crippen LogP contribution in [0.2, 0.25) is 0 Å². The van der Waals surface area contributed by atoms with Crippen molar-refractivity contribution in [1.82, 2.24) is 14.9 Å². The molecular weight excluding hydrogens is 327 g/mol. The molecule has 1 N–H and O–H groups in total. The normalized spacial score (nSPS) is 11.2. The summed E-state index contributed by atoms with van der Waals surface area (Å²) in [7, 11) is 3.91. The second-order valence-electron chi connectivity index (χ2n) is 5.81. The Bertz CT molecular complexity index is 907. The van der Waals surface area contributed by atoms with Crippen molar-refractivity contribution in [1.29, 1.82) is 0 Å². The van der Waals surface area contributed by atoms with Gasteiger partial charge in [-0.1, -0.05) is 0 Å². The molecule has 0 atom stereocenters. The fraction of sp³-hybridized carbons (Fsp3) is 0.235. The summed E-state index contributed by atoms with van der Waals surface area (Å²) in [5.74, 6) is -0.716. The summed E-state index contributed by atoms with van der Waals surface area (Å²) >= 11 is 1.37. The lowest BCUT2D eigenvalue weighted by Gasteiger charge is -2.08. The Balaban J connectivity index is 1.91. The molecule has 0 saturated heterocycles. The maximum Gasteiger partial charge on any atom is 0.258 e. The molecule has 0 fully saturated rings. The highest BCUT2D eigenvalue weighted by Gasteiger charge is 2.15. The summed E-state index contributed by atoms with van der Waals surface area (Å²) in [6.07, 6.45) is 0. The number of rotatable bonds is 4. The first-order chi connectivity index (χ1) is 11.4. The fourth-order valence-corrected chi connectivity index (χ4v) is 3.14. The molecular formula is C17H17FN4OS. The maximum atomic E-state index is 13.6. The van der Waals surface area contributed by atoms with Crippen LogP contribution in [0, 0.1) is 12.7 Å². The van der Waals surface area contributed by atoms with Crippen LogP contribution in [-0.4, -0.2) is 34.9 Å². The highest BCUT2D eigenvalue weighted by molar-refractivity contribution is 7.14. The molecule has 0 saturated carbocycles. The molecule has 0 aliphatic carbocycles. The maximum absolute atomic E-state index is 13.6. The fourth-order valence-electron chi connectivity index (χ4n) is 2.44. The average molecular weight is 344 g/mol. The van der Waals surface area contributed by atoms with Crippen LogP contribution in [0.3, 0.4) is 0 Å². The summed E-state index contributed by atoms with van der Waals surface area (Å²) in [6, 6.07) is 5.90. The summed E-state index contributed by atoms with van der Waals surface area (Å²) in [5.41, 5.74) is 2.57. The zero-order chi connectivity index (χ0) is 17.3. The van der Waals surface area contributed by atoms with Crippen molar-refractivity contribution in [2.45, 2.75) is 13.5 Å². The molecule has 0 spiro atoms. The molecule has 0 unspecified atom stereocenters. The van der Waals surface area contributed by atoms with Crippen LogP contribution in [0.1, 0.15) is 21.7 Å². The van der Waals surface area contributed by atoms with Gasteiger partial charge in [-0.15, -0.1) is 11.3 Å². The monoisotopic (exact) mass is 344 g/mol. The van der Waals surface area contributed by atoms with Crippen molar-refractivity contribution < 1.29 is 9.18 Å². The van der Waals surface area contributed by atoms with E-state index in [0.29, 0.717) is 33.8 Å². The molecule has 1 amide bonds. The van der Waals surface area contributed by atoms with Gasteiger partial charge in [0, 0.05) is 23.0 Å². The van der Waals surface area contributed by atoms with Gasteiger partial charge < -0.3 is 4.90 Å². The standard InChI is InChI=1S/C17H17FN4OS/c1-10-6-14(13-7-11(18)4-5-15(13)19-10)16(23)21-17-20-12(9-24-17)8-22(2)3/h4-7,9H,8H2,1-3H3,(H,20,21,23). The first kappa shape index (κ1) is 16.5. The van der Waals surface area contributed by atoms with E-state index in [2.05, 4.69) is 15.3 Å². The molecule has 0 bridgehead atoms. The number of aryl methyl sites for hydroxylation is 1. The molecule has 3 aromatic rings. The number of benzene rings is 1. The van der Waals surface area contributed by atoms with E-state index in [0.717, 1.165) is 5.69 Å². The highest BCUT2D eigenvalue weighted by Crippen LogP contribution is 2.22. The van der Waals surface area contributed by atoms with Gasteiger partial charge in [-0.3, -0.25) is 15.1 Å². The number of carbonyl (C=O) groups excluding carboxylic acids is 1. The predicted molar refractivity (Wildman–Crippen MR) is 93.9 cm³/mol. The van der Waals surface area contributed by atoms with Gasteiger partial charge in [0.05, 0.1) is 16.8 Å². The van der Waals surface area contributed by atoms with Crippen LogP contribution in [0.15, 0.2) is 29.6 Å². The molecule has 0 aliphatic rings. The van der Waals surface area contributed by atoms with Gasteiger partial charge in [0.2, 0.25) is 0 Å². The molecule has 7 heteroatoms. The number of anilines is 1. The SMILES string of the molecule is Cc1cc(C(=O)Nc2nc(CN(C)C)cs2)c2cc(F)ccc2n1. The third-order valence-corrected chi connectivity index (χ3v) is 4.20. The molecule has 2 heterocycles. The van der Waals surface area contributed by atoms with Gasteiger partial charge in [-0.2, -0.15) is 0 Å². The largest absolute Gasteiger partial charge is 0.304 e. The molecule has 0 aliphatic heterocycles. The van der Waals surface area contributed by atoms with Crippen molar-refractivity contribution in [3.63, 3.8) is 0 Å². The second kappa shape index (κ2) is 6.62. The Morgan fingerprint density at radius 3 is 2.83 bits per heavy atom. The number of thiazole rings is 1. The highest BCUT2D eigenvalue weighted by atomic mass is 32.1. The van der Waals surface area contributed by atoms with E-state index in [1.807, 2.05) is 24.4 Å². The van der Waals surface area contributed by atoms with Crippen LogP contribution >= 0.6 is 11.3 Å². The topological polar surface area (TPSA) is 58.1 Å². The van der Waals surface area contributed by atoms with Crippen molar-refractivity contribution >= 4 is 33.3 Å². The number of pyridine rings is 1. The molecule has 3 rings (SSSR count). The van der Waals surface area contributed by atoms with Gasteiger partial charge >= 0.3 is 0 Å². The van der Waals surface area contributed by atoms with Gasteiger partial charge in [0.1, 0.15) is 5.82 Å². The van der Waals surface area contributed by atoms with Gasteiger partial charge in [0.25, 0.3) is 5.91 Å². The molecule has 24 heavy (non-hydrogen) atoms. The van der Waals surface area contributed by atoms with Crippen LogP contribution in [0.5, 0.6) is 0 Å². The Morgan fingerprint density at radius 1 is 1.29 bits per heavy atom. The third-order valence-electron chi connectivity index (χ3n) is 3.39. The van der Waals surface area contributed by atoms with E-state index in [9.17, 15) is 9.18 Å².